The summed E-state index contributed by atoms with van der Waals surface area (Å²) in [6.07, 6.45) is 2.07. The summed E-state index contributed by atoms with van der Waals surface area (Å²) in [6.45, 7) is 3.98. The molecule has 1 aromatic carbocycles. The van der Waals surface area contributed by atoms with E-state index in [0.29, 0.717) is 5.69 Å². The van der Waals surface area contributed by atoms with Crippen LogP contribution in [-0.2, 0) is 17.6 Å². The SMILES string of the molecule is CCCc1ccc(-n2nnc(CC(=O)O)c2C)cc1. The minimum atomic E-state index is -0.895. The first-order valence-corrected chi connectivity index (χ1v) is 6.34. The molecule has 0 fully saturated rings. The Hall–Kier alpha value is -2.17. The summed E-state index contributed by atoms with van der Waals surface area (Å²) in [5, 5.41) is 16.7. The zero-order valence-corrected chi connectivity index (χ0v) is 11.1. The second kappa shape index (κ2) is 5.65. The maximum absolute atomic E-state index is 10.7. The molecular weight excluding hydrogens is 242 g/mol. The number of carboxylic acid groups (broad SMARTS) is 1. The quantitative estimate of drug-likeness (QED) is 0.893. The van der Waals surface area contributed by atoms with Gasteiger partial charge in [-0.2, -0.15) is 0 Å². The Balaban J connectivity index is 2.26. The van der Waals surface area contributed by atoms with E-state index in [1.54, 1.807) is 4.68 Å². The maximum Gasteiger partial charge on any atom is 0.309 e. The van der Waals surface area contributed by atoms with Gasteiger partial charge in [0.15, 0.2) is 0 Å². The lowest BCUT2D eigenvalue weighted by atomic mass is 10.1. The summed E-state index contributed by atoms with van der Waals surface area (Å²) < 4.78 is 1.67. The third-order valence-electron chi connectivity index (χ3n) is 3.03. The molecule has 0 bridgehead atoms. The third-order valence-corrected chi connectivity index (χ3v) is 3.03. The van der Waals surface area contributed by atoms with E-state index in [4.69, 9.17) is 5.11 Å². The normalized spacial score (nSPS) is 10.6. The predicted octanol–water partition coefficient (Wildman–Crippen LogP) is 2.16. The fourth-order valence-electron chi connectivity index (χ4n) is 2.00. The number of hydrogen-bond acceptors (Lipinski definition) is 3. The fraction of sp³-hybridized carbons (Fsp3) is 0.357. The molecule has 0 aliphatic rings. The van der Waals surface area contributed by atoms with Crippen molar-refractivity contribution in [1.82, 2.24) is 15.0 Å². The van der Waals surface area contributed by atoms with Gasteiger partial charge in [0, 0.05) is 0 Å². The molecule has 2 aromatic rings. The lowest BCUT2D eigenvalue weighted by molar-refractivity contribution is -0.136. The lowest BCUT2D eigenvalue weighted by Gasteiger charge is -2.05. The van der Waals surface area contributed by atoms with Crippen LogP contribution in [0.5, 0.6) is 0 Å². The first-order valence-electron chi connectivity index (χ1n) is 6.34. The van der Waals surface area contributed by atoms with Crippen LogP contribution >= 0.6 is 0 Å². The van der Waals surface area contributed by atoms with Gasteiger partial charge in [-0.05, 0) is 31.0 Å². The number of carboxylic acids is 1. The van der Waals surface area contributed by atoms with Gasteiger partial charge in [0.05, 0.1) is 23.5 Å². The highest BCUT2D eigenvalue weighted by molar-refractivity contribution is 5.69. The molecule has 0 radical (unpaired) electrons. The molecule has 1 heterocycles. The van der Waals surface area contributed by atoms with Gasteiger partial charge < -0.3 is 5.11 Å². The van der Waals surface area contributed by atoms with Gasteiger partial charge in [-0.3, -0.25) is 4.79 Å². The second-order valence-corrected chi connectivity index (χ2v) is 4.52. The van der Waals surface area contributed by atoms with Crippen LogP contribution in [0, 0.1) is 6.92 Å². The standard InChI is InChI=1S/C14H17N3O2/c1-3-4-11-5-7-12(8-6-11)17-10(2)13(15-16-17)9-14(18)19/h5-8H,3-4,9H2,1-2H3,(H,18,19). The van der Waals surface area contributed by atoms with Crippen molar-refractivity contribution in [2.75, 3.05) is 0 Å². The smallest absolute Gasteiger partial charge is 0.309 e. The number of rotatable bonds is 5. The van der Waals surface area contributed by atoms with Crippen LogP contribution in [-0.4, -0.2) is 26.1 Å². The highest BCUT2D eigenvalue weighted by Gasteiger charge is 2.12. The average molecular weight is 259 g/mol. The molecule has 5 heteroatoms. The minimum absolute atomic E-state index is 0.0975. The van der Waals surface area contributed by atoms with Gasteiger partial charge >= 0.3 is 5.97 Å². The summed E-state index contributed by atoms with van der Waals surface area (Å²) in [5.74, 6) is -0.895. The largest absolute Gasteiger partial charge is 0.481 e. The second-order valence-electron chi connectivity index (χ2n) is 4.52. The Morgan fingerprint density at radius 3 is 2.58 bits per heavy atom. The van der Waals surface area contributed by atoms with Gasteiger partial charge in [-0.25, -0.2) is 4.68 Å². The van der Waals surface area contributed by atoms with Crippen LogP contribution in [0.3, 0.4) is 0 Å². The van der Waals surface area contributed by atoms with E-state index in [9.17, 15) is 4.79 Å². The van der Waals surface area contributed by atoms with Crippen LogP contribution in [0.2, 0.25) is 0 Å². The van der Waals surface area contributed by atoms with Gasteiger partial charge in [0.25, 0.3) is 0 Å². The molecule has 1 aromatic heterocycles. The molecule has 100 valence electrons. The molecule has 0 saturated carbocycles. The number of aromatic nitrogens is 3. The lowest BCUT2D eigenvalue weighted by Crippen LogP contribution is -2.03. The van der Waals surface area contributed by atoms with Crippen LogP contribution < -0.4 is 0 Å². The summed E-state index contributed by atoms with van der Waals surface area (Å²) >= 11 is 0. The Bertz CT molecular complexity index is 573. The zero-order chi connectivity index (χ0) is 13.8. The molecule has 0 aliphatic heterocycles. The van der Waals surface area contributed by atoms with Crippen LogP contribution in [0.4, 0.5) is 0 Å². The van der Waals surface area contributed by atoms with Gasteiger partial charge in [-0.1, -0.05) is 30.7 Å². The summed E-state index contributed by atoms with van der Waals surface area (Å²) in [6, 6.07) is 8.10. The van der Waals surface area contributed by atoms with Crippen molar-refractivity contribution in [3.8, 4) is 5.69 Å². The molecule has 0 aliphatic carbocycles. The van der Waals surface area contributed by atoms with E-state index in [2.05, 4.69) is 29.4 Å². The van der Waals surface area contributed by atoms with Crippen molar-refractivity contribution in [2.24, 2.45) is 0 Å². The predicted molar refractivity (Wildman–Crippen MR) is 71.4 cm³/mol. The Labute approximate surface area is 111 Å². The summed E-state index contributed by atoms with van der Waals surface area (Å²) in [5.41, 5.74) is 3.46. The number of benzene rings is 1. The number of hydrogen-bond donors (Lipinski definition) is 1. The summed E-state index contributed by atoms with van der Waals surface area (Å²) in [4.78, 5) is 10.7. The van der Waals surface area contributed by atoms with E-state index in [-0.39, 0.29) is 6.42 Å². The van der Waals surface area contributed by atoms with E-state index >= 15 is 0 Å². The van der Waals surface area contributed by atoms with Crippen molar-refractivity contribution in [3.63, 3.8) is 0 Å². The van der Waals surface area contributed by atoms with Crippen molar-refractivity contribution in [2.45, 2.75) is 33.1 Å². The van der Waals surface area contributed by atoms with Crippen molar-refractivity contribution < 1.29 is 9.90 Å². The van der Waals surface area contributed by atoms with Crippen molar-refractivity contribution >= 4 is 5.97 Å². The van der Waals surface area contributed by atoms with E-state index in [1.165, 1.54) is 5.56 Å². The summed E-state index contributed by atoms with van der Waals surface area (Å²) in [7, 11) is 0. The Morgan fingerprint density at radius 1 is 1.32 bits per heavy atom. The number of nitrogens with zero attached hydrogens (tertiary/aromatic N) is 3. The molecule has 0 amide bonds. The molecule has 19 heavy (non-hydrogen) atoms. The van der Waals surface area contributed by atoms with Crippen LogP contribution in [0.15, 0.2) is 24.3 Å². The highest BCUT2D eigenvalue weighted by Crippen LogP contribution is 2.14. The first-order chi connectivity index (χ1) is 9.11. The molecule has 1 N–H and O–H groups in total. The minimum Gasteiger partial charge on any atom is -0.481 e. The van der Waals surface area contributed by atoms with Crippen LogP contribution in [0.25, 0.3) is 5.69 Å². The first kappa shape index (κ1) is 13.3. The van der Waals surface area contributed by atoms with E-state index in [1.807, 2.05) is 19.1 Å². The monoisotopic (exact) mass is 259 g/mol. The van der Waals surface area contributed by atoms with E-state index < -0.39 is 5.97 Å². The van der Waals surface area contributed by atoms with Crippen molar-refractivity contribution in [3.05, 3.63) is 41.2 Å². The van der Waals surface area contributed by atoms with Gasteiger partial charge in [-0.15, -0.1) is 5.10 Å². The van der Waals surface area contributed by atoms with Crippen LogP contribution in [0.1, 0.15) is 30.3 Å². The zero-order valence-electron chi connectivity index (χ0n) is 11.1. The number of aryl methyl sites for hydroxylation is 1. The molecule has 0 saturated heterocycles. The maximum atomic E-state index is 10.7. The average Bonchev–Trinajstić information content (AvgIpc) is 2.72. The van der Waals surface area contributed by atoms with Gasteiger partial charge in [0.2, 0.25) is 0 Å². The van der Waals surface area contributed by atoms with E-state index in [0.717, 1.165) is 24.2 Å². The molecular formula is C14H17N3O2. The van der Waals surface area contributed by atoms with Gasteiger partial charge in [0.1, 0.15) is 0 Å². The Kier molecular flexibility index (Phi) is 3.94. The molecule has 0 unspecified atom stereocenters. The molecule has 5 nitrogen and oxygen atoms in total. The Morgan fingerprint density at radius 2 is 2.00 bits per heavy atom. The fourth-order valence-corrected chi connectivity index (χ4v) is 2.00. The number of aliphatic carboxylic acids is 1. The topological polar surface area (TPSA) is 68.0 Å². The van der Waals surface area contributed by atoms with Crippen molar-refractivity contribution in [1.29, 1.82) is 0 Å². The highest BCUT2D eigenvalue weighted by atomic mass is 16.4. The molecule has 0 atom stereocenters. The number of carbonyl (C=O) groups is 1. The molecule has 0 spiro atoms. The third kappa shape index (κ3) is 2.99. The molecule has 2 rings (SSSR count).